The van der Waals surface area contributed by atoms with Crippen LogP contribution >= 0.6 is 0 Å². The van der Waals surface area contributed by atoms with Gasteiger partial charge in [-0.05, 0) is 25.1 Å². The molecule has 2 aromatic rings. The summed E-state index contributed by atoms with van der Waals surface area (Å²) in [6, 6.07) is 14.0. The van der Waals surface area contributed by atoms with E-state index in [1.54, 1.807) is 7.11 Å². The Kier molecular flexibility index (Phi) is 6.19. The molecule has 21 heavy (non-hydrogen) atoms. The fourth-order valence-corrected chi connectivity index (χ4v) is 2.02. The fourth-order valence-electron chi connectivity index (χ4n) is 2.02. The van der Waals surface area contributed by atoms with Gasteiger partial charge in [-0.3, -0.25) is 4.98 Å². The number of rotatable bonds is 8. The summed E-state index contributed by atoms with van der Waals surface area (Å²) >= 11 is 0. The topological polar surface area (TPSA) is 43.4 Å². The Morgan fingerprint density at radius 1 is 1.10 bits per heavy atom. The van der Waals surface area contributed by atoms with Gasteiger partial charge in [-0.15, -0.1) is 0 Å². The van der Waals surface area contributed by atoms with Crippen LogP contribution in [0.5, 0.6) is 5.75 Å². The first kappa shape index (κ1) is 15.5. The summed E-state index contributed by atoms with van der Waals surface area (Å²) in [6.07, 6.45) is 0. The molecule has 0 fully saturated rings. The van der Waals surface area contributed by atoms with Crippen LogP contribution in [0, 0.1) is 6.92 Å². The van der Waals surface area contributed by atoms with Crippen LogP contribution in [0.1, 0.15) is 17.0 Å². The van der Waals surface area contributed by atoms with Gasteiger partial charge < -0.3 is 14.8 Å². The molecule has 0 spiro atoms. The molecular weight excluding hydrogens is 264 g/mol. The smallest absolute Gasteiger partial charge is 0.130 e. The van der Waals surface area contributed by atoms with Crippen LogP contribution in [0.4, 0.5) is 0 Å². The van der Waals surface area contributed by atoms with Crippen LogP contribution in [0.15, 0.2) is 42.5 Å². The Morgan fingerprint density at radius 2 is 1.95 bits per heavy atom. The molecule has 1 heterocycles. The van der Waals surface area contributed by atoms with Crippen molar-refractivity contribution in [3.63, 3.8) is 0 Å². The van der Waals surface area contributed by atoms with Crippen LogP contribution in [0.2, 0.25) is 0 Å². The lowest BCUT2D eigenvalue weighted by Gasteiger charge is -2.12. The molecule has 0 aliphatic heterocycles. The molecule has 0 amide bonds. The van der Waals surface area contributed by atoms with E-state index in [9.17, 15) is 0 Å². The number of para-hydroxylation sites is 1. The van der Waals surface area contributed by atoms with Gasteiger partial charge in [0.15, 0.2) is 0 Å². The zero-order valence-corrected chi connectivity index (χ0v) is 12.6. The molecular formula is C17H22N2O2. The third-order valence-electron chi connectivity index (χ3n) is 3.09. The number of hydrogen-bond acceptors (Lipinski definition) is 4. The summed E-state index contributed by atoms with van der Waals surface area (Å²) in [5.74, 6) is 0.894. The molecule has 4 heteroatoms. The number of pyridine rings is 1. The first-order valence-electron chi connectivity index (χ1n) is 7.12. The zero-order chi connectivity index (χ0) is 14.9. The molecule has 0 aliphatic carbocycles. The van der Waals surface area contributed by atoms with E-state index in [0.29, 0.717) is 13.2 Å². The van der Waals surface area contributed by atoms with E-state index in [1.807, 2.05) is 43.3 Å². The molecule has 1 aromatic carbocycles. The molecule has 1 N–H and O–H groups in total. The van der Waals surface area contributed by atoms with Gasteiger partial charge in [0.05, 0.1) is 12.3 Å². The summed E-state index contributed by atoms with van der Waals surface area (Å²) in [5.41, 5.74) is 3.09. The first-order chi connectivity index (χ1) is 10.3. The largest absolute Gasteiger partial charge is 0.487 e. The maximum atomic E-state index is 5.90. The Morgan fingerprint density at radius 3 is 2.76 bits per heavy atom. The SMILES string of the molecule is COCCNCc1ccccc1OCc1cccc(C)n1. The highest BCUT2D eigenvalue weighted by Gasteiger charge is 2.04. The monoisotopic (exact) mass is 286 g/mol. The molecule has 0 atom stereocenters. The highest BCUT2D eigenvalue weighted by atomic mass is 16.5. The second kappa shape index (κ2) is 8.39. The second-order valence-corrected chi connectivity index (χ2v) is 4.84. The van der Waals surface area contributed by atoms with Crippen molar-refractivity contribution in [2.45, 2.75) is 20.1 Å². The third-order valence-corrected chi connectivity index (χ3v) is 3.09. The molecule has 0 radical (unpaired) electrons. The van der Waals surface area contributed by atoms with Gasteiger partial charge in [0.1, 0.15) is 12.4 Å². The van der Waals surface area contributed by atoms with Crippen molar-refractivity contribution in [1.82, 2.24) is 10.3 Å². The average Bonchev–Trinajstić information content (AvgIpc) is 2.50. The predicted octanol–water partition coefficient (Wildman–Crippen LogP) is 2.71. The summed E-state index contributed by atoms with van der Waals surface area (Å²) < 4.78 is 10.9. The van der Waals surface area contributed by atoms with E-state index < -0.39 is 0 Å². The minimum atomic E-state index is 0.483. The van der Waals surface area contributed by atoms with E-state index in [0.717, 1.165) is 35.8 Å². The highest BCUT2D eigenvalue weighted by molar-refractivity contribution is 5.33. The molecule has 0 unspecified atom stereocenters. The molecule has 0 bridgehead atoms. The third kappa shape index (κ3) is 5.17. The van der Waals surface area contributed by atoms with E-state index in [1.165, 1.54) is 0 Å². The number of aryl methyl sites for hydroxylation is 1. The van der Waals surface area contributed by atoms with Crippen LogP contribution in [0.3, 0.4) is 0 Å². The zero-order valence-electron chi connectivity index (χ0n) is 12.6. The van der Waals surface area contributed by atoms with Gasteiger partial charge in [0.25, 0.3) is 0 Å². The Labute approximate surface area is 126 Å². The fraction of sp³-hybridized carbons (Fsp3) is 0.353. The number of aromatic nitrogens is 1. The summed E-state index contributed by atoms with van der Waals surface area (Å²) in [7, 11) is 1.70. The van der Waals surface area contributed by atoms with Crippen molar-refractivity contribution in [2.75, 3.05) is 20.3 Å². The maximum absolute atomic E-state index is 5.90. The van der Waals surface area contributed by atoms with Crippen molar-refractivity contribution < 1.29 is 9.47 Å². The van der Waals surface area contributed by atoms with Crippen molar-refractivity contribution in [3.8, 4) is 5.75 Å². The van der Waals surface area contributed by atoms with Gasteiger partial charge in [-0.1, -0.05) is 24.3 Å². The number of benzene rings is 1. The maximum Gasteiger partial charge on any atom is 0.130 e. The second-order valence-electron chi connectivity index (χ2n) is 4.84. The number of methoxy groups -OCH3 is 1. The summed E-state index contributed by atoms with van der Waals surface area (Å²) in [5, 5.41) is 3.33. The van der Waals surface area contributed by atoms with Crippen LogP contribution in [-0.4, -0.2) is 25.2 Å². The van der Waals surface area contributed by atoms with Crippen LogP contribution in [-0.2, 0) is 17.9 Å². The minimum absolute atomic E-state index is 0.483. The minimum Gasteiger partial charge on any atom is -0.487 e. The Bertz CT molecular complexity index is 558. The van der Waals surface area contributed by atoms with Gasteiger partial charge in [0.2, 0.25) is 0 Å². The van der Waals surface area contributed by atoms with Gasteiger partial charge in [-0.2, -0.15) is 0 Å². The quantitative estimate of drug-likeness (QED) is 0.758. The Balaban J connectivity index is 1.93. The van der Waals surface area contributed by atoms with E-state index in [-0.39, 0.29) is 0 Å². The lowest BCUT2D eigenvalue weighted by Crippen LogP contribution is -2.19. The van der Waals surface area contributed by atoms with Crippen molar-refractivity contribution in [3.05, 3.63) is 59.4 Å². The Hall–Kier alpha value is -1.91. The molecule has 0 saturated heterocycles. The molecule has 0 aliphatic rings. The molecule has 4 nitrogen and oxygen atoms in total. The molecule has 2 rings (SSSR count). The lowest BCUT2D eigenvalue weighted by molar-refractivity contribution is 0.199. The van der Waals surface area contributed by atoms with Crippen molar-refractivity contribution in [2.24, 2.45) is 0 Å². The lowest BCUT2D eigenvalue weighted by atomic mass is 10.2. The number of nitrogens with zero attached hydrogens (tertiary/aromatic N) is 1. The van der Waals surface area contributed by atoms with Gasteiger partial charge >= 0.3 is 0 Å². The first-order valence-corrected chi connectivity index (χ1v) is 7.12. The summed E-state index contributed by atoms with van der Waals surface area (Å²) in [6.45, 7) is 4.76. The molecule has 112 valence electrons. The van der Waals surface area contributed by atoms with Crippen LogP contribution in [0.25, 0.3) is 0 Å². The predicted molar refractivity (Wildman–Crippen MR) is 83.3 cm³/mol. The van der Waals surface area contributed by atoms with Crippen LogP contribution < -0.4 is 10.1 Å². The van der Waals surface area contributed by atoms with E-state index in [4.69, 9.17) is 9.47 Å². The summed E-state index contributed by atoms with van der Waals surface area (Å²) in [4.78, 5) is 4.45. The number of ether oxygens (including phenoxy) is 2. The van der Waals surface area contributed by atoms with E-state index in [2.05, 4.69) is 16.4 Å². The normalized spacial score (nSPS) is 10.6. The van der Waals surface area contributed by atoms with E-state index >= 15 is 0 Å². The average molecular weight is 286 g/mol. The highest BCUT2D eigenvalue weighted by Crippen LogP contribution is 2.18. The van der Waals surface area contributed by atoms with Crippen molar-refractivity contribution in [1.29, 1.82) is 0 Å². The van der Waals surface area contributed by atoms with Gasteiger partial charge in [0, 0.05) is 31.5 Å². The molecule has 0 saturated carbocycles. The number of nitrogens with one attached hydrogen (secondary N) is 1. The number of hydrogen-bond donors (Lipinski definition) is 1. The van der Waals surface area contributed by atoms with Crippen molar-refractivity contribution >= 4 is 0 Å². The standard InChI is InChI=1S/C17H22N2O2/c1-14-6-5-8-16(19-14)13-21-17-9-4-3-7-15(17)12-18-10-11-20-2/h3-9,18H,10-13H2,1-2H3. The molecule has 1 aromatic heterocycles. The van der Waals surface area contributed by atoms with Gasteiger partial charge in [-0.25, -0.2) is 0 Å².